The number of hydrogen-bond donors (Lipinski definition) is 1. The van der Waals surface area contributed by atoms with Crippen LogP contribution in [0.3, 0.4) is 0 Å². The Bertz CT molecular complexity index is 473. The number of rotatable bonds is 4. The summed E-state index contributed by atoms with van der Waals surface area (Å²) in [6.07, 6.45) is 4.38. The van der Waals surface area contributed by atoms with Crippen LogP contribution in [0.1, 0.15) is 25.8 Å². The molecule has 0 unspecified atom stereocenters. The molecule has 5 heteroatoms. The topological polar surface area (TPSA) is 62.3 Å². The van der Waals surface area contributed by atoms with Gasteiger partial charge in [0.05, 0.1) is 6.42 Å². The Morgan fingerprint density at radius 3 is 3.00 bits per heavy atom. The van der Waals surface area contributed by atoms with Crippen LogP contribution in [0.15, 0.2) is 24.5 Å². The number of hydrogen-bond acceptors (Lipinski definition) is 3. The average Bonchev–Trinajstić information content (AvgIpc) is 2.41. The van der Waals surface area contributed by atoms with Gasteiger partial charge in [-0.05, 0) is 24.0 Å². The number of piperazine rings is 1. The monoisotopic (exact) mass is 275 g/mol. The Morgan fingerprint density at radius 1 is 1.55 bits per heavy atom. The summed E-state index contributed by atoms with van der Waals surface area (Å²) >= 11 is 0. The molecule has 0 saturated carbocycles. The Labute approximate surface area is 119 Å². The summed E-state index contributed by atoms with van der Waals surface area (Å²) in [6, 6.07) is 3.36. The lowest BCUT2D eigenvalue weighted by atomic mass is 9.99. The van der Waals surface area contributed by atoms with E-state index < -0.39 is 0 Å². The third-order valence-electron chi connectivity index (χ3n) is 3.42. The molecule has 1 fully saturated rings. The first-order chi connectivity index (χ1) is 9.58. The molecule has 108 valence electrons. The van der Waals surface area contributed by atoms with Gasteiger partial charge < -0.3 is 10.2 Å². The number of amides is 2. The quantitative estimate of drug-likeness (QED) is 0.891. The summed E-state index contributed by atoms with van der Waals surface area (Å²) in [6.45, 7) is 5.24. The predicted molar refractivity (Wildman–Crippen MR) is 75.9 cm³/mol. The smallest absolute Gasteiger partial charge is 0.242 e. The minimum Gasteiger partial charge on any atom is -0.353 e. The zero-order chi connectivity index (χ0) is 14.5. The summed E-state index contributed by atoms with van der Waals surface area (Å²) in [5, 5.41) is 2.84. The van der Waals surface area contributed by atoms with Crippen molar-refractivity contribution in [1.29, 1.82) is 0 Å². The minimum absolute atomic E-state index is 0.00139. The second-order valence-electron chi connectivity index (χ2n) is 5.56. The lowest BCUT2D eigenvalue weighted by Crippen LogP contribution is -2.57. The summed E-state index contributed by atoms with van der Waals surface area (Å²) in [5.74, 6) is 0.334. The van der Waals surface area contributed by atoms with Crippen LogP contribution in [-0.2, 0) is 16.0 Å². The Balaban J connectivity index is 2.07. The normalized spacial score (nSPS) is 19.1. The SMILES string of the molecule is CC(C)C[C@@H]1C(=O)NCCN1C(=O)Cc1cccnc1. The standard InChI is InChI=1S/C15H21N3O2/c1-11(2)8-13-15(20)17-6-7-18(13)14(19)9-12-4-3-5-16-10-12/h3-5,10-11,13H,6-9H2,1-2H3,(H,17,20)/t13-/m1/s1. The molecule has 2 rings (SSSR count). The predicted octanol–water partition coefficient (Wildman–Crippen LogP) is 0.997. The van der Waals surface area contributed by atoms with Crippen molar-refractivity contribution in [2.75, 3.05) is 13.1 Å². The number of carbonyl (C=O) groups is 2. The Morgan fingerprint density at radius 2 is 2.35 bits per heavy atom. The van der Waals surface area contributed by atoms with E-state index in [0.717, 1.165) is 5.56 Å². The van der Waals surface area contributed by atoms with Gasteiger partial charge in [-0.25, -0.2) is 0 Å². The molecule has 0 aliphatic carbocycles. The average molecular weight is 275 g/mol. The summed E-state index contributed by atoms with van der Waals surface area (Å²) in [7, 11) is 0. The van der Waals surface area contributed by atoms with Crippen LogP contribution in [0.2, 0.25) is 0 Å². The number of pyridine rings is 1. The van der Waals surface area contributed by atoms with Gasteiger partial charge in [-0.1, -0.05) is 19.9 Å². The molecule has 0 aromatic carbocycles. The molecule has 1 aliphatic rings. The summed E-state index contributed by atoms with van der Waals surface area (Å²) in [5.41, 5.74) is 0.881. The molecule has 20 heavy (non-hydrogen) atoms. The van der Waals surface area contributed by atoms with Crippen LogP contribution >= 0.6 is 0 Å². The van der Waals surface area contributed by atoms with E-state index in [1.807, 2.05) is 12.1 Å². The second-order valence-corrected chi connectivity index (χ2v) is 5.56. The number of carbonyl (C=O) groups excluding carboxylic acids is 2. The van der Waals surface area contributed by atoms with E-state index in [1.54, 1.807) is 17.3 Å². The fraction of sp³-hybridized carbons (Fsp3) is 0.533. The van der Waals surface area contributed by atoms with Gasteiger partial charge >= 0.3 is 0 Å². The minimum atomic E-state index is -0.340. The van der Waals surface area contributed by atoms with Crippen molar-refractivity contribution in [1.82, 2.24) is 15.2 Å². The number of aromatic nitrogens is 1. The van der Waals surface area contributed by atoms with Gasteiger partial charge in [0.15, 0.2) is 0 Å². The molecule has 0 spiro atoms. The highest BCUT2D eigenvalue weighted by atomic mass is 16.2. The lowest BCUT2D eigenvalue weighted by Gasteiger charge is -2.36. The van der Waals surface area contributed by atoms with E-state index in [1.165, 1.54) is 0 Å². The van der Waals surface area contributed by atoms with Crippen molar-refractivity contribution in [3.63, 3.8) is 0 Å². The third-order valence-corrected chi connectivity index (χ3v) is 3.42. The lowest BCUT2D eigenvalue weighted by molar-refractivity contribution is -0.143. The van der Waals surface area contributed by atoms with Crippen LogP contribution in [0.4, 0.5) is 0 Å². The fourth-order valence-electron chi connectivity index (χ4n) is 2.47. The summed E-state index contributed by atoms with van der Waals surface area (Å²) < 4.78 is 0. The molecule has 1 atom stereocenters. The number of nitrogens with zero attached hydrogens (tertiary/aromatic N) is 2. The van der Waals surface area contributed by atoms with Gasteiger partial charge in [-0.2, -0.15) is 0 Å². The van der Waals surface area contributed by atoms with Gasteiger partial charge in [-0.3, -0.25) is 14.6 Å². The van der Waals surface area contributed by atoms with Crippen molar-refractivity contribution >= 4 is 11.8 Å². The van der Waals surface area contributed by atoms with Crippen molar-refractivity contribution in [2.45, 2.75) is 32.7 Å². The van der Waals surface area contributed by atoms with E-state index >= 15 is 0 Å². The van der Waals surface area contributed by atoms with Crippen LogP contribution in [0.25, 0.3) is 0 Å². The zero-order valence-electron chi connectivity index (χ0n) is 12.0. The second kappa shape index (κ2) is 6.50. The first-order valence-corrected chi connectivity index (χ1v) is 7.04. The van der Waals surface area contributed by atoms with Crippen LogP contribution in [0.5, 0.6) is 0 Å². The van der Waals surface area contributed by atoms with Gasteiger partial charge in [0, 0.05) is 25.5 Å². The molecule has 1 aromatic heterocycles. The van der Waals surface area contributed by atoms with Crippen molar-refractivity contribution < 1.29 is 9.59 Å². The van der Waals surface area contributed by atoms with Crippen LogP contribution in [-0.4, -0.2) is 40.8 Å². The van der Waals surface area contributed by atoms with Crippen molar-refractivity contribution in [3.05, 3.63) is 30.1 Å². The molecule has 1 saturated heterocycles. The maximum Gasteiger partial charge on any atom is 0.242 e. The maximum atomic E-state index is 12.4. The van der Waals surface area contributed by atoms with E-state index in [2.05, 4.69) is 24.1 Å². The fourth-order valence-corrected chi connectivity index (χ4v) is 2.47. The first-order valence-electron chi connectivity index (χ1n) is 7.04. The van der Waals surface area contributed by atoms with Crippen LogP contribution in [0, 0.1) is 5.92 Å². The van der Waals surface area contributed by atoms with Gasteiger partial charge in [0.25, 0.3) is 0 Å². The highest BCUT2D eigenvalue weighted by molar-refractivity contribution is 5.89. The van der Waals surface area contributed by atoms with E-state index in [0.29, 0.717) is 31.8 Å². The third kappa shape index (κ3) is 3.56. The largest absolute Gasteiger partial charge is 0.353 e. The molecule has 2 heterocycles. The van der Waals surface area contributed by atoms with Gasteiger partial charge in [0.1, 0.15) is 6.04 Å². The maximum absolute atomic E-state index is 12.4. The van der Waals surface area contributed by atoms with Crippen molar-refractivity contribution in [2.24, 2.45) is 5.92 Å². The Kier molecular flexibility index (Phi) is 4.71. The zero-order valence-corrected chi connectivity index (χ0v) is 12.0. The van der Waals surface area contributed by atoms with E-state index in [-0.39, 0.29) is 17.9 Å². The van der Waals surface area contributed by atoms with E-state index in [4.69, 9.17) is 0 Å². The highest BCUT2D eigenvalue weighted by Gasteiger charge is 2.33. The van der Waals surface area contributed by atoms with Gasteiger partial charge in [0.2, 0.25) is 11.8 Å². The Hall–Kier alpha value is -1.91. The molecule has 5 nitrogen and oxygen atoms in total. The molecule has 2 amide bonds. The first kappa shape index (κ1) is 14.5. The molecule has 1 N–H and O–H groups in total. The van der Waals surface area contributed by atoms with E-state index in [9.17, 15) is 9.59 Å². The molecule has 1 aliphatic heterocycles. The van der Waals surface area contributed by atoms with Crippen LogP contribution < -0.4 is 5.32 Å². The molecule has 1 aromatic rings. The summed E-state index contributed by atoms with van der Waals surface area (Å²) in [4.78, 5) is 30.1. The molecular formula is C15H21N3O2. The van der Waals surface area contributed by atoms with Gasteiger partial charge in [-0.15, -0.1) is 0 Å². The molecule has 0 bridgehead atoms. The van der Waals surface area contributed by atoms with Crippen molar-refractivity contribution in [3.8, 4) is 0 Å². The highest BCUT2D eigenvalue weighted by Crippen LogP contribution is 2.16. The number of nitrogens with one attached hydrogen (secondary N) is 1. The molecular weight excluding hydrogens is 254 g/mol. The molecule has 0 radical (unpaired) electrons.